The van der Waals surface area contributed by atoms with Gasteiger partial charge in [-0.15, -0.1) is 0 Å². The average Bonchev–Trinajstić information content (AvgIpc) is 3.46. The summed E-state index contributed by atoms with van der Waals surface area (Å²) in [5.41, 5.74) is 6.25. The number of hydrogen-bond donors (Lipinski definition) is 3. The zero-order valence-corrected chi connectivity index (χ0v) is 20.9. The maximum atomic E-state index is 13.3. The highest BCUT2D eigenvalue weighted by Gasteiger charge is 2.22. The van der Waals surface area contributed by atoms with Crippen molar-refractivity contribution in [1.82, 2.24) is 4.68 Å². The average molecular weight is 549 g/mol. The zero-order chi connectivity index (χ0) is 25.4. The molecule has 36 heavy (non-hydrogen) atoms. The van der Waals surface area contributed by atoms with Crippen molar-refractivity contribution in [3.05, 3.63) is 82.0 Å². The molecule has 9 nitrogen and oxygen atoms in total. The maximum Gasteiger partial charge on any atom is 0.328 e. The van der Waals surface area contributed by atoms with Crippen LogP contribution in [0.15, 0.2) is 65.1 Å². The predicted molar refractivity (Wildman–Crippen MR) is 139 cm³/mol. The van der Waals surface area contributed by atoms with E-state index in [-0.39, 0.29) is 12.5 Å². The Labute approximate surface area is 214 Å². The Bertz CT molecular complexity index is 1550. The van der Waals surface area contributed by atoms with E-state index >= 15 is 0 Å². The number of nitrogens with zero attached hydrogens (tertiary/aromatic N) is 1. The lowest BCUT2D eigenvalue weighted by Gasteiger charge is -2.14. The molecule has 4 aromatic rings. The van der Waals surface area contributed by atoms with Gasteiger partial charge in [0.15, 0.2) is 11.5 Å². The quantitative estimate of drug-likeness (QED) is 0.320. The van der Waals surface area contributed by atoms with E-state index in [4.69, 9.17) is 9.47 Å². The minimum Gasteiger partial charge on any atom is -0.454 e. The van der Waals surface area contributed by atoms with Crippen molar-refractivity contribution in [2.45, 2.75) is 13.8 Å². The fraction of sp³-hybridized carbons (Fsp3) is 0.115. The molecule has 0 saturated heterocycles. The first-order valence-corrected chi connectivity index (χ1v) is 11.8. The Kier molecular flexibility index (Phi) is 6.11. The third kappa shape index (κ3) is 4.50. The molecule has 0 fully saturated rings. The second kappa shape index (κ2) is 9.38. The number of benzene rings is 3. The van der Waals surface area contributed by atoms with Crippen molar-refractivity contribution in [3.8, 4) is 11.5 Å². The van der Waals surface area contributed by atoms with Crippen LogP contribution in [0.2, 0.25) is 0 Å². The number of anilines is 2. The lowest BCUT2D eigenvalue weighted by Crippen LogP contribution is -2.36. The number of nitrogens with one attached hydrogen (secondary N) is 3. The number of carbonyl (C=O) groups is 3. The number of fused-ring (bicyclic) bond motifs is 2. The lowest BCUT2D eigenvalue weighted by molar-refractivity contribution is -0.133. The molecule has 0 radical (unpaired) electrons. The second-order valence-corrected chi connectivity index (χ2v) is 9.15. The van der Waals surface area contributed by atoms with Gasteiger partial charge in [-0.25, -0.2) is 4.68 Å². The molecule has 0 spiro atoms. The fourth-order valence-corrected chi connectivity index (χ4v) is 4.24. The molecule has 2 heterocycles. The number of halogens is 1. The zero-order valence-electron chi connectivity index (χ0n) is 19.3. The number of aromatic nitrogens is 1. The molecule has 5 rings (SSSR count). The van der Waals surface area contributed by atoms with Gasteiger partial charge in [-0.1, -0.05) is 28.1 Å². The van der Waals surface area contributed by atoms with E-state index in [1.165, 1.54) is 4.68 Å². The Hall–Kier alpha value is -4.31. The molecule has 1 aliphatic rings. The number of hydrogen-bond acceptors (Lipinski definition) is 5. The number of rotatable bonds is 4. The Balaban J connectivity index is 1.42. The van der Waals surface area contributed by atoms with Gasteiger partial charge >= 0.3 is 11.8 Å². The number of carbonyl (C=O) groups excluding carboxylic acids is 3. The molecule has 0 bridgehead atoms. The predicted octanol–water partition coefficient (Wildman–Crippen LogP) is 4.71. The molecule has 1 aromatic heterocycles. The van der Waals surface area contributed by atoms with Crippen LogP contribution in [0.4, 0.5) is 11.4 Å². The van der Waals surface area contributed by atoms with E-state index < -0.39 is 17.7 Å². The summed E-state index contributed by atoms with van der Waals surface area (Å²) in [6.07, 6.45) is 0. The van der Waals surface area contributed by atoms with Gasteiger partial charge in [0.25, 0.3) is 5.91 Å². The fourth-order valence-electron chi connectivity index (χ4n) is 3.86. The largest absolute Gasteiger partial charge is 0.454 e. The van der Waals surface area contributed by atoms with Gasteiger partial charge < -0.3 is 20.1 Å². The summed E-state index contributed by atoms with van der Waals surface area (Å²) in [5, 5.41) is 6.14. The molecular weight excluding hydrogens is 528 g/mol. The molecule has 0 aliphatic carbocycles. The third-order valence-electron chi connectivity index (χ3n) is 5.90. The third-order valence-corrected chi connectivity index (χ3v) is 6.39. The SMILES string of the molecule is Cc1cccc(NC(=O)c2cc3cc(Br)ccc3n2NC(=O)C(=O)Nc2ccc3c(c2)OCO3)c1C. The minimum atomic E-state index is -0.950. The summed E-state index contributed by atoms with van der Waals surface area (Å²) in [4.78, 5) is 38.8. The van der Waals surface area contributed by atoms with Crippen LogP contribution in [-0.2, 0) is 9.59 Å². The Morgan fingerprint density at radius 2 is 1.69 bits per heavy atom. The van der Waals surface area contributed by atoms with Gasteiger partial charge in [0, 0.05) is 27.3 Å². The molecular formula is C26H21BrN4O5. The maximum absolute atomic E-state index is 13.3. The summed E-state index contributed by atoms with van der Waals surface area (Å²) in [7, 11) is 0. The van der Waals surface area contributed by atoms with Crippen molar-refractivity contribution < 1.29 is 23.9 Å². The van der Waals surface area contributed by atoms with Crippen LogP contribution >= 0.6 is 15.9 Å². The number of amides is 3. The van der Waals surface area contributed by atoms with Gasteiger partial charge in [-0.05, 0) is 67.4 Å². The number of aryl methyl sites for hydroxylation is 1. The van der Waals surface area contributed by atoms with Crippen LogP contribution in [0.25, 0.3) is 10.9 Å². The second-order valence-electron chi connectivity index (χ2n) is 8.23. The van der Waals surface area contributed by atoms with E-state index in [0.717, 1.165) is 15.6 Å². The normalized spacial score (nSPS) is 11.9. The van der Waals surface area contributed by atoms with E-state index in [2.05, 4.69) is 32.0 Å². The smallest absolute Gasteiger partial charge is 0.328 e. The van der Waals surface area contributed by atoms with E-state index in [1.807, 2.05) is 32.0 Å². The van der Waals surface area contributed by atoms with E-state index in [1.54, 1.807) is 42.5 Å². The molecule has 3 amide bonds. The number of ether oxygens (including phenoxy) is 2. The van der Waals surface area contributed by atoms with Gasteiger partial charge in [0.2, 0.25) is 6.79 Å². The first-order valence-electron chi connectivity index (χ1n) is 11.0. The highest BCUT2D eigenvalue weighted by molar-refractivity contribution is 9.10. The minimum absolute atomic E-state index is 0.0942. The van der Waals surface area contributed by atoms with Gasteiger partial charge in [-0.2, -0.15) is 0 Å². The monoisotopic (exact) mass is 548 g/mol. The molecule has 3 aromatic carbocycles. The Morgan fingerprint density at radius 1 is 0.889 bits per heavy atom. The summed E-state index contributed by atoms with van der Waals surface area (Å²) >= 11 is 3.43. The lowest BCUT2D eigenvalue weighted by atomic mass is 10.1. The molecule has 182 valence electrons. The van der Waals surface area contributed by atoms with E-state index in [0.29, 0.717) is 33.8 Å². The summed E-state index contributed by atoms with van der Waals surface area (Å²) in [5.74, 6) is -1.27. The van der Waals surface area contributed by atoms with Crippen LogP contribution in [0, 0.1) is 13.8 Å². The molecule has 0 saturated carbocycles. The first kappa shape index (κ1) is 23.4. The molecule has 1 aliphatic heterocycles. The summed E-state index contributed by atoms with van der Waals surface area (Å²) in [6, 6.07) is 17.4. The molecule has 10 heteroatoms. The van der Waals surface area contributed by atoms with Crippen LogP contribution in [-0.4, -0.2) is 29.2 Å². The van der Waals surface area contributed by atoms with Crippen LogP contribution in [0.3, 0.4) is 0 Å². The highest BCUT2D eigenvalue weighted by Crippen LogP contribution is 2.34. The molecule has 0 atom stereocenters. The van der Waals surface area contributed by atoms with Crippen LogP contribution < -0.4 is 25.5 Å². The van der Waals surface area contributed by atoms with Gasteiger partial charge in [-0.3, -0.25) is 19.8 Å². The van der Waals surface area contributed by atoms with Crippen LogP contribution in [0.5, 0.6) is 11.5 Å². The summed E-state index contributed by atoms with van der Waals surface area (Å²) < 4.78 is 12.7. The Morgan fingerprint density at radius 3 is 2.53 bits per heavy atom. The van der Waals surface area contributed by atoms with E-state index in [9.17, 15) is 14.4 Å². The molecule has 0 unspecified atom stereocenters. The highest BCUT2D eigenvalue weighted by atomic mass is 79.9. The van der Waals surface area contributed by atoms with Gasteiger partial charge in [0.05, 0.1) is 5.52 Å². The summed E-state index contributed by atoms with van der Waals surface area (Å²) in [6.45, 7) is 3.97. The first-order chi connectivity index (χ1) is 17.3. The van der Waals surface area contributed by atoms with Crippen LogP contribution in [0.1, 0.15) is 21.6 Å². The van der Waals surface area contributed by atoms with Crippen molar-refractivity contribution in [2.75, 3.05) is 22.9 Å². The topological polar surface area (TPSA) is 111 Å². The van der Waals surface area contributed by atoms with Crippen molar-refractivity contribution in [1.29, 1.82) is 0 Å². The molecule has 3 N–H and O–H groups in total. The van der Waals surface area contributed by atoms with Crippen molar-refractivity contribution >= 4 is 55.9 Å². The van der Waals surface area contributed by atoms with Gasteiger partial charge in [0.1, 0.15) is 5.69 Å². The van der Waals surface area contributed by atoms with Crippen molar-refractivity contribution in [2.24, 2.45) is 0 Å². The standard InChI is InChI=1S/C26H21BrN4O5/c1-14-4-3-5-19(15(14)2)29-24(32)21-11-16-10-17(27)6-8-20(16)31(21)30-26(34)25(33)28-18-7-9-22-23(12-18)36-13-35-22/h3-12H,13H2,1-2H3,(H,28,33)(H,29,32)(H,30,34). The van der Waals surface area contributed by atoms with Crippen molar-refractivity contribution in [3.63, 3.8) is 0 Å².